The average molecular weight is 135 g/mol. The second-order valence-electron chi connectivity index (χ2n) is 2.21. The van der Waals surface area contributed by atoms with Crippen LogP contribution in [-0.4, -0.2) is 29.6 Å². The van der Waals surface area contributed by atoms with Crippen molar-refractivity contribution in [3.05, 3.63) is 12.2 Å². The summed E-state index contributed by atoms with van der Waals surface area (Å²) < 4.78 is 0. The second kappa shape index (κ2) is 8.74. The molecule has 0 aliphatic carbocycles. The van der Waals surface area contributed by atoms with Crippen LogP contribution in [0.5, 0.6) is 0 Å². The summed E-state index contributed by atoms with van der Waals surface area (Å²) in [5.74, 6) is 0. The molecule has 0 saturated carbocycles. The molecule has 0 fully saturated rings. The van der Waals surface area contributed by atoms with Crippen LogP contribution in [0, 0.1) is 0 Å². The normalized spacial score (nSPS) is 8.22. The monoisotopic (exact) mass is 135 g/mol. The maximum absolute atomic E-state index is 3.91. The van der Waals surface area contributed by atoms with Gasteiger partial charge in [0.15, 0.2) is 0 Å². The van der Waals surface area contributed by atoms with Gasteiger partial charge in [-0.2, -0.15) is 0 Å². The molecule has 0 unspecified atom stereocenters. The Morgan fingerprint density at radius 1 is 1.33 bits per heavy atom. The molecule has 0 heterocycles. The minimum absolute atomic E-state index is 0. The molecule has 0 saturated heterocycles. The Morgan fingerprint density at radius 3 is 2.22 bits per heavy atom. The van der Waals surface area contributed by atoms with Crippen molar-refractivity contribution in [1.82, 2.24) is 0 Å². The summed E-state index contributed by atoms with van der Waals surface area (Å²) in [6.07, 6.45) is 4.98. The van der Waals surface area contributed by atoms with Crippen molar-refractivity contribution < 1.29 is 0 Å². The summed E-state index contributed by atoms with van der Waals surface area (Å²) >= 11 is 0. The molecule has 0 rings (SSSR count). The van der Waals surface area contributed by atoms with Gasteiger partial charge in [0.2, 0.25) is 0 Å². The van der Waals surface area contributed by atoms with Crippen molar-refractivity contribution in [2.45, 2.75) is 39.5 Å². The van der Waals surface area contributed by atoms with Gasteiger partial charge in [-0.25, -0.2) is 0 Å². The van der Waals surface area contributed by atoms with Gasteiger partial charge in [0, 0.05) is 29.6 Å². The Labute approximate surface area is 81.0 Å². The predicted molar refractivity (Wildman–Crippen MR) is 44.7 cm³/mol. The third kappa shape index (κ3) is 8.74. The Morgan fingerprint density at radius 2 is 1.89 bits per heavy atom. The summed E-state index contributed by atoms with van der Waals surface area (Å²) in [4.78, 5) is 0. The summed E-state index contributed by atoms with van der Waals surface area (Å²) in [5.41, 5.74) is 1.40. The van der Waals surface area contributed by atoms with Gasteiger partial charge in [-0.05, 0) is 19.3 Å². The second-order valence-corrected chi connectivity index (χ2v) is 2.21. The first-order valence-corrected chi connectivity index (χ1v) is 3.47. The average Bonchev–Trinajstić information content (AvgIpc) is 1.83. The van der Waals surface area contributed by atoms with Crippen molar-refractivity contribution in [2.75, 3.05) is 0 Å². The van der Waals surface area contributed by atoms with E-state index in [1.807, 2.05) is 0 Å². The van der Waals surface area contributed by atoms with Crippen molar-refractivity contribution >= 4 is 29.6 Å². The number of rotatable bonds is 4. The first kappa shape index (κ1) is 12.4. The third-order valence-electron chi connectivity index (χ3n) is 1.38. The van der Waals surface area contributed by atoms with Gasteiger partial charge in [-0.3, -0.25) is 0 Å². The van der Waals surface area contributed by atoms with Gasteiger partial charge in [0.25, 0.3) is 0 Å². The SMILES string of the molecule is C=C(CC)CCCC.[Na]. The topological polar surface area (TPSA) is 0 Å². The van der Waals surface area contributed by atoms with Crippen LogP contribution in [0.4, 0.5) is 0 Å². The Kier molecular flexibility index (Phi) is 12.1. The molecule has 0 aliphatic rings. The van der Waals surface area contributed by atoms with E-state index in [4.69, 9.17) is 0 Å². The molecule has 49 valence electrons. The van der Waals surface area contributed by atoms with Crippen molar-refractivity contribution in [2.24, 2.45) is 0 Å². The minimum Gasteiger partial charge on any atom is -0.0999 e. The number of hydrogen-bond acceptors (Lipinski definition) is 0. The van der Waals surface area contributed by atoms with E-state index < -0.39 is 0 Å². The largest absolute Gasteiger partial charge is 0.0999 e. The van der Waals surface area contributed by atoms with E-state index in [1.165, 1.54) is 24.8 Å². The summed E-state index contributed by atoms with van der Waals surface area (Å²) in [6.45, 7) is 8.29. The smallest absolute Gasteiger partial charge is 0 e. The van der Waals surface area contributed by atoms with Crippen molar-refractivity contribution in [1.29, 1.82) is 0 Å². The maximum Gasteiger partial charge on any atom is 0 e. The number of allylic oxidation sites excluding steroid dienone is 1. The van der Waals surface area contributed by atoms with Crippen LogP contribution >= 0.6 is 0 Å². The minimum atomic E-state index is 0. The number of unbranched alkanes of at least 4 members (excludes halogenated alkanes) is 1. The summed E-state index contributed by atoms with van der Waals surface area (Å²) in [6, 6.07) is 0. The fourth-order valence-electron chi connectivity index (χ4n) is 0.604. The van der Waals surface area contributed by atoms with Crippen LogP contribution in [0.2, 0.25) is 0 Å². The third-order valence-corrected chi connectivity index (χ3v) is 1.38. The van der Waals surface area contributed by atoms with E-state index in [9.17, 15) is 0 Å². The molecule has 0 N–H and O–H groups in total. The van der Waals surface area contributed by atoms with E-state index in [2.05, 4.69) is 20.4 Å². The molecule has 0 bridgehead atoms. The molecular formula is C8H16Na. The Bertz CT molecular complexity index is 67.0. The fraction of sp³-hybridized carbons (Fsp3) is 0.750. The molecule has 0 aliphatic heterocycles. The first-order valence-electron chi connectivity index (χ1n) is 3.47. The maximum atomic E-state index is 3.91. The first-order chi connectivity index (χ1) is 3.81. The fourth-order valence-corrected chi connectivity index (χ4v) is 0.604. The van der Waals surface area contributed by atoms with E-state index in [1.54, 1.807) is 0 Å². The summed E-state index contributed by atoms with van der Waals surface area (Å²) in [5, 5.41) is 0. The van der Waals surface area contributed by atoms with Crippen LogP contribution in [-0.2, 0) is 0 Å². The Hall–Kier alpha value is 0.740. The van der Waals surface area contributed by atoms with Gasteiger partial charge < -0.3 is 0 Å². The van der Waals surface area contributed by atoms with Crippen molar-refractivity contribution in [3.8, 4) is 0 Å². The molecule has 0 aromatic carbocycles. The molecule has 0 aromatic heterocycles. The molecule has 0 spiro atoms. The van der Waals surface area contributed by atoms with Gasteiger partial charge in [-0.15, -0.1) is 0 Å². The van der Waals surface area contributed by atoms with Crippen LogP contribution < -0.4 is 0 Å². The standard InChI is InChI=1S/C8H16.Na/c1-4-6-7-8(3)5-2;/h3-7H2,1-2H3;. The van der Waals surface area contributed by atoms with E-state index >= 15 is 0 Å². The predicted octanol–water partition coefficient (Wildman–Crippen LogP) is 2.76. The van der Waals surface area contributed by atoms with E-state index in [-0.39, 0.29) is 29.6 Å². The van der Waals surface area contributed by atoms with E-state index in [0.717, 1.165) is 6.42 Å². The molecule has 0 atom stereocenters. The molecule has 1 heteroatoms. The van der Waals surface area contributed by atoms with Gasteiger partial charge in [-0.1, -0.05) is 32.4 Å². The molecular weight excluding hydrogens is 119 g/mol. The zero-order valence-corrected chi connectivity index (χ0v) is 9.04. The van der Waals surface area contributed by atoms with Gasteiger partial charge in [0.1, 0.15) is 0 Å². The van der Waals surface area contributed by atoms with Crippen LogP contribution in [0.15, 0.2) is 12.2 Å². The zero-order valence-electron chi connectivity index (χ0n) is 7.04. The molecule has 0 aromatic rings. The molecule has 0 amide bonds. The van der Waals surface area contributed by atoms with Crippen LogP contribution in [0.3, 0.4) is 0 Å². The van der Waals surface area contributed by atoms with Crippen LogP contribution in [0.25, 0.3) is 0 Å². The Balaban J connectivity index is 0. The van der Waals surface area contributed by atoms with Crippen molar-refractivity contribution in [3.63, 3.8) is 0 Å². The van der Waals surface area contributed by atoms with E-state index in [0.29, 0.717) is 0 Å². The quantitative estimate of drug-likeness (QED) is 0.410. The van der Waals surface area contributed by atoms with Crippen LogP contribution in [0.1, 0.15) is 39.5 Å². The zero-order chi connectivity index (χ0) is 6.41. The number of hydrogen-bond donors (Lipinski definition) is 0. The molecule has 1 radical (unpaired) electrons. The summed E-state index contributed by atoms with van der Waals surface area (Å²) in [7, 11) is 0. The van der Waals surface area contributed by atoms with Gasteiger partial charge >= 0.3 is 0 Å². The molecule has 9 heavy (non-hydrogen) atoms. The molecule has 0 nitrogen and oxygen atoms in total. The van der Waals surface area contributed by atoms with Gasteiger partial charge in [0.05, 0.1) is 0 Å².